The van der Waals surface area contributed by atoms with Crippen molar-refractivity contribution in [3.05, 3.63) is 54.4 Å². The van der Waals surface area contributed by atoms with E-state index in [1.54, 1.807) is 53.2 Å². The Hall–Kier alpha value is -4.54. The number of imidazole rings is 1. The zero-order chi connectivity index (χ0) is 23.4. The van der Waals surface area contributed by atoms with Gasteiger partial charge >= 0.3 is 5.97 Å². The van der Waals surface area contributed by atoms with Crippen LogP contribution in [0.2, 0.25) is 0 Å². The number of methoxy groups -OCH3 is 4. The maximum absolute atomic E-state index is 12.2. The molecule has 0 fully saturated rings. The van der Waals surface area contributed by atoms with Gasteiger partial charge in [0.2, 0.25) is 23.4 Å². The van der Waals surface area contributed by atoms with Crippen LogP contribution in [0.3, 0.4) is 0 Å². The van der Waals surface area contributed by atoms with E-state index >= 15 is 0 Å². The number of esters is 1. The zero-order valence-corrected chi connectivity index (χ0v) is 18.4. The molecule has 0 atom stereocenters. The first-order chi connectivity index (χ1) is 16.1. The van der Waals surface area contributed by atoms with E-state index in [-0.39, 0.29) is 5.95 Å². The van der Waals surface area contributed by atoms with E-state index in [1.807, 2.05) is 0 Å². The van der Waals surface area contributed by atoms with Gasteiger partial charge in [-0.2, -0.15) is 9.97 Å². The van der Waals surface area contributed by atoms with Crippen LogP contribution in [-0.2, 0) is 4.74 Å². The second kappa shape index (κ2) is 9.30. The van der Waals surface area contributed by atoms with Crippen molar-refractivity contribution in [3.63, 3.8) is 0 Å². The number of aromatic nitrogens is 4. The molecule has 170 valence electrons. The normalized spacial score (nSPS) is 10.5. The number of nitrogens with zero attached hydrogens (tertiary/aromatic N) is 4. The van der Waals surface area contributed by atoms with Crippen molar-refractivity contribution in [2.45, 2.75) is 0 Å². The molecule has 0 saturated heterocycles. The largest absolute Gasteiger partial charge is 0.493 e. The van der Waals surface area contributed by atoms with Gasteiger partial charge < -0.3 is 29.6 Å². The van der Waals surface area contributed by atoms with Crippen LogP contribution < -0.4 is 24.8 Å². The first-order valence-corrected chi connectivity index (χ1v) is 9.80. The predicted molar refractivity (Wildman–Crippen MR) is 121 cm³/mol. The standard InChI is InChI=1S/C22H22N6O5/c1-30-16-11-13(12-17(31-2)18(16)32-3)24-20-26-21-23-9-10-28(21)22(27-20)25-15-8-6-5-7-14(15)19(29)33-4/h5-12H,1-4H3,(H2,23,24,25,26,27). The molecule has 0 unspecified atom stereocenters. The molecule has 0 aliphatic heterocycles. The quantitative estimate of drug-likeness (QED) is 0.386. The van der Waals surface area contributed by atoms with E-state index < -0.39 is 5.97 Å². The van der Waals surface area contributed by atoms with Crippen molar-refractivity contribution in [1.82, 2.24) is 19.4 Å². The lowest BCUT2D eigenvalue weighted by atomic mass is 10.2. The minimum Gasteiger partial charge on any atom is -0.493 e. The second-order valence-corrected chi connectivity index (χ2v) is 6.67. The van der Waals surface area contributed by atoms with Crippen LogP contribution in [0.4, 0.5) is 23.3 Å². The minimum absolute atomic E-state index is 0.265. The fourth-order valence-corrected chi connectivity index (χ4v) is 3.24. The van der Waals surface area contributed by atoms with E-state index in [1.165, 1.54) is 28.4 Å². The van der Waals surface area contributed by atoms with Crippen molar-refractivity contribution in [2.75, 3.05) is 39.1 Å². The van der Waals surface area contributed by atoms with Crippen LogP contribution in [0.5, 0.6) is 17.2 Å². The van der Waals surface area contributed by atoms with Crippen LogP contribution in [0.15, 0.2) is 48.8 Å². The van der Waals surface area contributed by atoms with Gasteiger partial charge in [0.05, 0.1) is 39.7 Å². The highest BCUT2D eigenvalue weighted by atomic mass is 16.5. The molecule has 11 heteroatoms. The third-order valence-corrected chi connectivity index (χ3v) is 4.77. The molecule has 33 heavy (non-hydrogen) atoms. The Labute approximate surface area is 189 Å². The average molecular weight is 450 g/mol. The highest BCUT2D eigenvalue weighted by Crippen LogP contribution is 2.40. The highest BCUT2D eigenvalue weighted by molar-refractivity contribution is 5.96. The summed E-state index contributed by atoms with van der Waals surface area (Å²) in [5.74, 6) is 2.02. The Morgan fingerprint density at radius 2 is 1.67 bits per heavy atom. The van der Waals surface area contributed by atoms with Crippen molar-refractivity contribution in [3.8, 4) is 17.2 Å². The van der Waals surface area contributed by atoms with Gasteiger partial charge in [-0.05, 0) is 12.1 Å². The summed E-state index contributed by atoms with van der Waals surface area (Å²) in [6.45, 7) is 0. The topological polar surface area (TPSA) is 121 Å². The molecular weight excluding hydrogens is 428 g/mol. The van der Waals surface area contributed by atoms with Crippen molar-refractivity contribution >= 4 is 35.0 Å². The Kier molecular flexibility index (Phi) is 6.11. The molecule has 0 aliphatic rings. The third-order valence-electron chi connectivity index (χ3n) is 4.77. The molecule has 0 saturated carbocycles. The summed E-state index contributed by atoms with van der Waals surface area (Å²) in [4.78, 5) is 25.4. The van der Waals surface area contributed by atoms with Crippen LogP contribution in [-0.4, -0.2) is 53.8 Å². The second-order valence-electron chi connectivity index (χ2n) is 6.67. The van der Waals surface area contributed by atoms with Gasteiger partial charge in [0, 0.05) is 30.2 Å². The first kappa shape index (κ1) is 21.7. The van der Waals surface area contributed by atoms with E-state index in [2.05, 4.69) is 25.6 Å². The van der Waals surface area contributed by atoms with E-state index in [9.17, 15) is 4.79 Å². The molecule has 4 aromatic rings. The van der Waals surface area contributed by atoms with E-state index in [0.717, 1.165) is 0 Å². The van der Waals surface area contributed by atoms with Crippen molar-refractivity contribution in [2.24, 2.45) is 0 Å². The molecule has 2 N–H and O–H groups in total. The lowest BCUT2D eigenvalue weighted by Crippen LogP contribution is -2.10. The first-order valence-electron chi connectivity index (χ1n) is 9.80. The molecule has 2 heterocycles. The molecule has 11 nitrogen and oxygen atoms in total. The Morgan fingerprint density at radius 3 is 2.33 bits per heavy atom. The monoisotopic (exact) mass is 450 g/mol. The van der Waals surface area contributed by atoms with Crippen LogP contribution in [0, 0.1) is 0 Å². The number of benzene rings is 2. The lowest BCUT2D eigenvalue weighted by Gasteiger charge is -2.15. The SMILES string of the molecule is COC(=O)c1ccccc1Nc1nc(Nc2cc(OC)c(OC)c(OC)c2)nc2nccn12. The summed E-state index contributed by atoms with van der Waals surface area (Å²) in [5, 5.41) is 6.31. The Morgan fingerprint density at radius 1 is 0.939 bits per heavy atom. The maximum atomic E-state index is 12.2. The fourth-order valence-electron chi connectivity index (χ4n) is 3.24. The fraction of sp³-hybridized carbons (Fsp3) is 0.182. The molecule has 0 radical (unpaired) electrons. The molecule has 0 bridgehead atoms. The third kappa shape index (κ3) is 4.28. The summed E-state index contributed by atoms with van der Waals surface area (Å²) >= 11 is 0. The van der Waals surface area contributed by atoms with Gasteiger partial charge in [-0.3, -0.25) is 4.40 Å². The summed E-state index contributed by atoms with van der Waals surface area (Å²) < 4.78 is 22.7. The van der Waals surface area contributed by atoms with E-state index in [4.69, 9.17) is 18.9 Å². The number of rotatable bonds is 8. The maximum Gasteiger partial charge on any atom is 0.339 e. The summed E-state index contributed by atoms with van der Waals surface area (Å²) in [7, 11) is 5.94. The molecule has 0 amide bonds. The number of hydrogen-bond acceptors (Lipinski definition) is 10. The number of anilines is 4. The smallest absolute Gasteiger partial charge is 0.339 e. The minimum atomic E-state index is -0.468. The molecule has 4 rings (SSSR count). The van der Waals surface area contributed by atoms with Crippen LogP contribution in [0.1, 0.15) is 10.4 Å². The molecule has 2 aromatic carbocycles. The average Bonchev–Trinajstić information content (AvgIpc) is 3.32. The van der Waals surface area contributed by atoms with Gasteiger partial charge in [-0.25, -0.2) is 9.78 Å². The van der Waals surface area contributed by atoms with Crippen LogP contribution >= 0.6 is 0 Å². The number of para-hydroxylation sites is 1. The summed E-state index contributed by atoms with van der Waals surface area (Å²) in [5.41, 5.74) is 1.50. The van der Waals surface area contributed by atoms with Gasteiger partial charge in [0.15, 0.2) is 11.5 Å². The highest BCUT2D eigenvalue weighted by Gasteiger charge is 2.17. The predicted octanol–water partition coefficient (Wildman–Crippen LogP) is 3.42. The number of carbonyl (C=O) groups excluding carboxylic acids is 1. The Bertz CT molecular complexity index is 1280. The number of nitrogens with one attached hydrogen (secondary N) is 2. The summed E-state index contributed by atoms with van der Waals surface area (Å²) in [6.07, 6.45) is 3.31. The number of ether oxygens (including phenoxy) is 4. The molecule has 0 spiro atoms. The van der Waals surface area contributed by atoms with Gasteiger partial charge in [0.1, 0.15) is 0 Å². The molecule has 0 aliphatic carbocycles. The van der Waals surface area contributed by atoms with E-state index in [0.29, 0.717) is 45.9 Å². The number of fused-ring (bicyclic) bond motifs is 1. The lowest BCUT2D eigenvalue weighted by molar-refractivity contribution is 0.0602. The van der Waals surface area contributed by atoms with Gasteiger partial charge in [-0.15, -0.1) is 0 Å². The van der Waals surface area contributed by atoms with Crippen molar-refractivity contribution in [1.29, 1.82) is 0 Å². The van der Waals surface area contributed by atoms with Gasteiger partial charge in [0.25, 0.3) is 0 Å². The molecule has 2 aromatic heterocycles. The van der Waals surface area contributed by atoms with Crippen LogP contribution in [0.25, 0.3) is 5.78 Å². The summed E-state index contributed by atoms with van der Waals surface area (Å²) in [6, 6.07) is 10.4. The van der Waals surface area contributed by atoms with Gasteiger partial charge in [-0.1, -0.05) is 12.1 Å². The molecular formula is C22H22N6O5. The Balaban J connectivity index is 1.73. The number of hydrogen-bond donors (Lipinski definition) is 2. The van der Waals surface area contributed by atoms with Crippen molar-refractivity contribution < 1.29 is 23.7 Å². The zero-order valence-electron chi connectivity index (χ0n) is 18.4. The number of carbonyl (C=O) groups is 1.